The minimum absolute atomic E-state index is 0.349. The van der Waals surface area contributed by atoms with Gasteiger partial charge in [-0.3, -0.25) is 4.79 Å². The molecular formula is C16H14FN3OS. The molecule has 1 heterocycles. The van der Waals surface area contributed by atoms with Gasteiger partial charge in [0.2, 0.25) is 0 Å². The Hall–Kier alpha value is -2.39. The van der Waals surface area contributed by atoms with Crippen molar-refractivity contribution in [1.82, 2.24) is 0 Å². The Kier molecular flexibility index (Phi) is 3.38. The van der Waals surface area contributed by atoms with Crippen LogP contribution < -0.4 is 11.5 Å². The predicted octanol–water partition coefficient (Wildman–Crippen LogP) is 2.52. The summed E-state index contributed by atoms with van der Waals surface area (Å²) in [7, 11) is 0. The molecule has 112 valence electrons. The Balaban J connectivity index is 2.10. The van der Waals surface area contributed by atoms with Gasteiger partial charge < -0.3 is 11.5 Å². The van der Waals surface area contributed by atoms with Crippen molar-refractivity contribution in [3.05, 3.63) is 51.7 Å². The first-order valence-corrected chi connectivity index (χ1v) is 7.66. The van der Waals surface area contributed by atoms with Crippen molar-refractivity contribution < 1.29 is 9.18 Å². The number of nitrogens with zero attached hydrogens (tertiary/aromatic N) is 1. The van der Waals surface area contributed by atoms with E-state index in [4.69, 9.17) is 11.5 Å². The van der Waals surface area contributed by atoms with E-state index in [-0.39, 0.29) is 5.82 Å². The molecule has 1 amide bonds. The summed E-state index contributed by atoms with van der Waals surface area (Å²) in [5, 5.41) is 10.1. The number of nitrogen functional groups attached to an aromatic ring is 1. The van der Waals surface area contributed by atoms with Crippen LogP contribution in [0.3, 0.4) is 0 Å². The van der Waals surface area contributed by atoms with Gasteiger partial charge >= 0.3 is 0 Å². The fraction of sp³-hybridized carbons (Fsp3) is 0.250. The first-order valence-electron chi connectivity index (χ1n) is 6.84. The molecular weight excluding hydrogens is 301 g/mol. The zero-order valence-corrected chi connectivity index (χ0v) is 12.5. The molecule has 0 spiro atoms. The van der Waals surface area contributed by atoms with Gasteiger partial charge in [-0.1, -0.05) is 18.2 Å². The van der Waals surface area contributed by atoms with Crippen molar-refractivity contribution in [3.63, 3.8) is 0 Å². The van der Waals surface area contributed by atoms with Crippen molar-refractivity contribution in [1.29, 1.82) is 5.26 Å². The number of primary amides is 1. The predicted molar refractivity (Wildman–Crippen MR) is 83.0 cm³/mol. The molecule has 3 rings (SSSR count). The summed E-state index contributed by atoms with van der Waals surface area (Å²) >= 11 is 1.27. The highest BCUT2D eigenvalue weighted by molar-refractivity contribution is 7.16. The molecule has 0 radical (unpaired) electrons. The molecule has 1 atom stereocenters. The number of anilines is 1. The molecule has 1 aliphatic rings. The van der Waals surface area contributed by atoms with E-state index in [0.29, 0.717) is 35.4 Å². The van der Waals surface area contributed by atoms with Crippen LogP contribution in [0.15, 0.2) is 24.3 Å². The lowest BCUT2D eigenvalue weighted by atomic mass is 9.70. The number of thiophene rings is 1. The lowest BCUT2D eigenvalue weighted by Crippen LogP contribution is -2.32. The van der Waals surface area contributed by atoms with Crippen LogP contribution >= 0.6 is 11.3 Å². The first kappa shape index (κ1) is 14.5. The molecule has 1 aromatic heterocycles. The quantitative estimate of drug-likeness (QED) is 0.891. The van der Waals surface area contributed by atoms with E-state index in [1.807, 2.05) is 0 Å². The van der Waals surface area contributed by atoms with Gasteiger partial charge in [-0.25, -0.2) is 4.39 Å². The maximum atomic E-state index is 14.1. The van der Waals surface area contributed by atoms with Crippen LogP contribution in [0.2, 0.25) is 0 Å². The fourth-order valence-electron chi connectivity index (χ4n) is 3.15. The van der Waals surface area contributed by atoms with Crippen LogP contribution in [-0.4, -0.2) is 5.91 Å². The first-order chi connectivity index (χ1) is 10.5. The Morgan fingerprint density at radius 1 is 1.41 bits per heavy atom. The van der Waals surface area contributed by atoms with Gasteiger partial charge in [0.05, 0.1) is 22.0 Å². The van der Waals surface area contributed by atoms with Crippen molar-refractivity contribution in [3.8, 4) is 6.07 Å². The zero-order chi connectivity index (χ0) is 15.9. The average molecular weight is 315 g/mol. The number of nitriles is 1. The third kappa shape index (κ3) is 2.06. The van der Waals surface area contributed by atoms with Crippen molar-refractivity contribution >= 4 is 22.2 Å². The summed E-state index contributed by atoms with van der Waals surface area (Å²) in [4.78, 5) is 12.4. The van der Waals surface area contributed by atoms with E-state index in [2.05, 4.69) is 6.07 Å². The maximum Gasteiger partial charge on any atom is 0.251 e. The van der Waals surface area contributed by atoms with Gasteiger partial charge in [-0.15, -0.1) is 11.3 Å². The second kappa shape index (κ2) is 5.11. The topological polar surface area (TPSA) is 92.9 Å². The summed E-state index contributed by atoms with van der Waals surface area (Å²) in [5.74, 6) is -0.933. The number of nitrogens with two attached hydrogens (primary N) is 2. The van der Waals surface area contributed by atoms with Gasteiger partial charge in [0, 0.05) is 16.9 Å². The van der Waals surface area contributed by atoms with E-state index >= 15 is 0 Å². The number of hydrogen-bond acceptors (Lipinski definition) is 4. The number of fused-ring (bicyclic) bond motifs is 1. The van der Waals surface area contributed by atoms with Crippen LogP contribution in [0, 0.1) is 17.1 Å². The molecule has 0 aliphatic heterocycles. The number of hydrogen-bond donors (Lipinski definition) is 2. The molecule has 0 bridgehead atoms. The van der Waals surface area contributed by atoms with Crippen LogP contribution in [0.5, 0.6) is 0 Å². The molecule has 4 nitrogen and oxygen atoms in total. The minimum atomic E-state index is -0.926. The van der Waals surface area contributed by atoms with E-state index < -0.39 is 11.3 Å². The lowest BCUT2D eigenvalue weighted by molar-refractivity contribution is 0.1000. The van der Waals surface area contributed by atoms with Crippen LogP contribution in [-0.2, 0) is 18.3 Å². The molecule has 1 aliphatic carbocycles. The highest BCUT2D eigenvalue weighted by atomic mass is 32.1. The molecule has 1 aromatic carbocycles. The van der Waals surface area contributed by atoms with E-state index in [1.54, 1.807) is 18.2 Å². The highest BCUT2D eigenvalue weighted by Crippen LogP contribution is 2.44. The normalized spacial score (nSPS) is 20.2. The molecule has 6 heteroatoms. The van der Waals surface area contributed by atoms with E-state index in [1.165, 1.54) is 17.4 Å². The van der Waals surface area contributed by atoms with Crippen LogP contribution in [0.25, 0.3) is 0 Å². The van der Waals surface area contributed by atoms with Gasteiger partial charge in [0.25, 0.3) is 5.91 Å². The van der Waals surface area contributed by atoms with Gasteiger partial charge in [0.1, 0.15) is 5.82 Å². The highest BCUT2D eigenvalue weighted by Gasteiger charge is 2.40. The number of benzene rings is 1. The lowest BCUT2D eigenvalue weighted by Gasteiger charge is -2.31. The largest absolute Gasteiger partial charge is 0.390 e. The minimum Gasteiger partial charge on any atom is -0.390 e. The number of amides is 1. The Bertz CT molecular complexity index is 808. The standard InChI is InChI=1S/C16H14FN3OS/c17-11-4-2-1-3-10(11)16(8-18)6-5-9-12(7-16)22-15(20)13(9)14(19)21/h1-4H,5-7,20H2,(H2,19,21). The van der Waals surface area contributed by atoms with Crippen molar-refractivity contribution in [2.75, 3.05) is 5.73 Å². The third-order valence-electron chi connectivity index (χ3n) is 4.23. The summed E-state index contributed by atoms with van der Waals surface area (Å²) in [5.41, 5.74) is 11.9. The summed E-state index contributed by atoms with van der Waals surface area (Å²) in [6.45, 7) is 0. The van der Waals surface area contributed by atoms with Crippen molar-refractivity contribution in [2.24, 2.45) is 5.73 Å². The second-order valence-corrected chi connectivity index (χ2v) is 6.59. The molecule has 0 saturated heterocycles. The summed E-state index contributed by atoms with van der Waals surface area (Å²) in [6.07, 6.45) is 1.28. The third-order valence-corrected chi connectivity index (χ3v) is 5.29. The second-order valence-electron chi connectivity index (χ2n) is 5.46. The molecule has 4 N–H and O–H groups in total. The van der Waals surface area contributed by atoms with E-state index in [9.17, 15) is 14.4 Å². The average Bonchev–Trinajstić information content (AvgIpc) is 2.82. The van der Waals surface area contributed by atoms with Crippen LogP contribution in [0.4, 0.5) is 9.39 Å². The maximum absolute atomic E-state index is 14.1. The van der Waals surface area contributed by atoms with Gasteiger partial charge in [-0.2, -0.15) is 5.26 Å². The van der Waals surface area contributed by atoms with Crippen LogP contribution in [0.1, 0.15) is 32.8 Å². The summed E-state index contributed by atoms with van der Waals surface area (Å²) in [6, 6.07) is 8.62. The molecule has 2 aromatic rings. The zero-order valence-electron chi connectivity index (χ0n) is 11.7. The fourth-order valence-corrected chi connectivity index (χ4v) is 4.38. The Labute approximate surface area is 131 Å². The Morgan fingerprint density at radius 2 is 2.14 bits per heavy atom. The smallest absolute Gasteiger partial charge is 0.251 e. The molecule has 1 unspecified atom stereocenters. The van der Waals surface area contributed by atoms with Crippen molar-refractivity contribution in [2.45, 2.75) is 24.7 Å². The number of carbonyl (C=O) groups excluding carboxylic acids is 1. The number of rotatable bonds is 2. The Morgan fingerprint density at radius 3 is 2.77 bits per heavy atom. The molecule has 0 fully saturated rings. The van der Waals surface area contributed by atoms with Gasteiger partial charge in [-0.05, 0) is 24.5 Å². The van der Waals surface area contributed by atoms with Gasteiger partial charge in [0.15, 0.2) is 0 Å². The SMILES string of the molecule is N#CC1(c2ccccc2F)CCc2c(sc(N)c2C(N)=O)C1. The number of halogens is 1. The number of carbonyl (C=O) groups is 1. The van der Waals surface area contributed by atoms with E-state index in [0.717, 1.165) is 10.4 Å². The monoisotopic (exact) mass is 315 g/mol. The summed E-state index contributed by atoms with van der Waals surface area (Å²) < 4.78 is 14.1. The molecule has 22 heavy (non-hydrogen) atoms. The molecule has 0 saturated carbocycles.